The second-order valence-corrected chi connectivity index (χ2v) is 8.65. The van der Waals surface area contributed by atoms with Crippen LogP contribution in [0.25, 0.3) is 0 Å². The van der Waals surface area contributed by atoms with E-state index in [-0.39, 0.29) is 29.1 Å². The number of benzene rings is 2. The Morgan fingerprint density at radius 1 is 1.14 bits per heavy atom. The molecule has 1 heterocycles. The first-order valence-corrected chi connectivity index (χ1v) is 10.9. The van der Waals surface area contributed by atoms with Gasteiger partial charge in [-0.15, -0.1) is 0 Å². The highest BCUT2D eigenvalue weighted by Crippen LogP contribution is 2.57. The third-order valence-electron chi connectivity index (χ3n) is 6.45. The number of hydrogen-bond acceptors (Lipinski definition) is 2. The van der Waals surface area contributed by atoms with Crippen LogP contribution in [0, 0.1) is 22.7 Å². The fourth-order valence-corrected chi connectivity index (χ4v) is 5.38. The van der Waals surface area contributed by atoms with Crippen LogP contribution in [0.15, 0.2) is 42.5 Å². The smallest absolute Gasteiger partial charge is 0.226 e. The van der Waals surface area contributed by atoms with Crippen molar-refractivity contribution in [1.29, 1.82) is 5.26 Å². The Kier molecular flexibility index (Phi) is 6.56. The van der Waals surface area contributed by atoms with Gasteiger partial charge in [-0.05, 0) is 66.0 Å². The molecule has 3 nitrogen and oxygen atoms in total. The summed E-state index contributed by atoms with van der Waals surface area (Å²) in [4.78, 5) is 12.6. The lowest BCUT2D eigenvalue weighted by Crippen LogP contribution is -2.41. The maximum Gasteiger partial charge on any atom is 0.226 e. The fraction of sp³-hybridized carbons (Fsp3) is 0.417. The molecule has 1 amide bonds. The number of fused-ring (bicyclic) bond motifs is 1. The minimum atomic E-state index is -0.361. The van der Waals surface area contributed by atoms with Gasteiger partial charge in [0.1, 0.15) is 0 Å². The quantitative estimate of drug-likeness (QED) is 0.609. The van der Waals surface area contributed by atoms with Gasteiger partial charge in [0, 0.05) is 16.6 Å². The average Bonchev–Trinajstić information content (AvgIpc) is 3.04. The van der Waals surface area contributed by atoms with Gasteiger partial charge in [-0.1, -0.05) is 62.2 Å². The predicted octanol–water partition coefficient (Wildman–Crippen LogP) is 6.30. The molecule has 0 radical (unpaired) electrons. The van der Waals surface area contributed by atoms with E-state index in [0.717, 1.165) is 18.4 Å². The maximum atomic E-state index is 12.6. The lowest BCUT2D eigenvalue weighted by Gasteiger charge is -2.45. The third kappa shape index (κ3) is 3.89. The molecular formula is C24H26Cl2N2O. The van der Waals surface area contributed by atoms with Crippen LogP contribution in [0.2, 0.25) is 10.0 Å². The van der Waals surface area contributed by atoms with E-state index in [9.17, 15) is 4.79 Å². The number of nitriles is 1. The minimum absolute atomic E-state index is 0.149. The Hall–Kier alpha value is -2.02. The van der Waals surface area contributed by atoms with Crippen molar-refractivity contribution in [1.82, 2.24) is 5.32 Å². The summed E-state index contributed by atoms with van der Waals surface area (Å²) < 4.78 is 0. The molecule has 0 aromatic heterocycles. The molecule has 1 saturated carbocycles. The maximum absolute atomic E-state index is 12.6. The summed E-state index contributed by atoms with van der Waals surface area (Å²) in [5, 5.41) is 13.5. The first kappa shape index (κ1) is 21.7. The van der Waals surface area contributed by atoms with Gasteiger partial charge in [-0.25, -0.2) is 0 Å². The Labute approximate surface area is 183 Å². The van der Waals surface area contributed by atoms with Crippen molar-refractivity contribution in [2.45, 2.75) is 45.4 Å². The number of carbonyl (C=O) groups excluding carboxylic acids is 1. The molecule has 4 rings (SSSR count). The van der Waals surface area contributed by atoms with E-state index in [4.69, 9.17) is 28.5 Å². The van der Waals surface area contributed by atoms with Gasteiger partial charge in [-0.3, -0.25) is 4.79 Å². The van der Waals surface area contributed by atoms with Gasteiger partial charge < -0.3 is 5.32 Å². The summed E-state index contributed by atoms with van der Waals surface area (Å²) in [5.74, 6) is 0.690. The van der Waals surface area contributed by atoms with Crippen LogP contribution >= 0.6 is 23.2 Å². The van der Waals surface area contributed by atoms with Gasteiger partial charge in [-0.2, -0.15) is 5.26 Å². The number of amides is 1. The van der Waals surface area contributed by atoms with Gasteiger partial charge in [0.25, 0.3) is 0 Å². The zero-order valence-corrected chi connectivity index (χ0v) is 18.5. The van der Waals surface area contributed by atoms with E-state index in [0.29, 0.717) is 22.2 Å². The van der Waals surface area contributed by atoms with Crippen LogP contribution in [0.3, 0.4) is 0 Å². The summed E-state index contributed by atoms with van der Waals surface area (Å²) in [6.07, 6.45) is 1.70. The van der Waals surface area contributed by atoms with Gasteiger partial charge in [0.05, 0.1) is 17.0 Å². The van der Waals surface area contributed by atoms with Gasteiger partial charge in [0.2, 0.25) is 5.91 Å². The molecular weight excluding hydrogens is 403 g/mol. The Bertz CT molecular complexity index is 935. The van der Waals surface area contributed by atoms with Crippen molar-refractivity contribution in [2.75, 3.05) is 6.54 Å². The molecule has 2 fully saturated rings. The average molecular weight is 429 g/mol. The molecule has 2 aromatic carbocycles. The van der Waals surface area contributed by atoms with Crippen molar-refractivity contribution in [3.8, 4) is 6.07 Å². The zero-order chi connectivity index (χ0) is 21.2. The lowest BCUT2D eigenvalue weighted by atomic mass is 9.57. The van der Waals surface area contributed by atoms with Crippen molar-refractivity contribution >= 4 is 29.1 Å². The molecule has 5 heteroatoms. The third-order valence-corrected chi connectivity index (χ3v) is 7.02. The monoisotopic (exact) mass is 428 g/mol. The second kappa shape index (κ2) is 8.78. The van der Waals surface area contributed by atoms with Crippen LogP contribution < -0.4 is 5.32 Å². The summed E-state index contributed by atoms with van der Waals surface area (Å²) in [5.41, 5.74) is 2.43. The van der Waals surface area contributed by atoms with E-state index < -0.39 is 0 Å². The molecule has 2 aromatic rings. The molecule has 1 N–H and O–H groups in total. The number of nitrogens with one attached hydrogen (secondary N) is 1. The molecule has 1 saturated heterocycles. The molecule has 2 aliphatic rings. The minimum Gasteiger partial charge on any atom is -0.355 e. The Morgan fingerprint density at radius 3 is 2.45 bits per heavy atom. The molecule has 29 heavy (non-hydrogen) atoms. The van der Waals surface area contributed by atoms with Crippen LogP contribution in [-0.2, 0) is 4.79 Å². The zero-order valence-electron chi connectivity index (χ0n) is 17.0. The Balaban J connectivity index is 0.00000117. The number of rotatable bonds is 2. The van der Waals surface area contributed by atoms with Crippen molar-refractivity contribution < 1.29 is 4.79 Å². The normalized spacial score (nSPS) is 27.9. The molecule has 1 aliphatic heterocycles. The number of hydrogen-bond donors (Lipinski definition) is 1. The van der Waals surface area contributed by atoms with Gasteiger partial charge >= 0.3 is 0 Å². The molecule has 1 aliphatic carbocycles. The number of carbonyl (C=O) groups is 1. The lowest BCUT2D eigenvalue weighted by molar-refractivity contribution is -0.129. The summed E-state index contributed by atoms with van der Waals surface area (Å²) in [6, 6.07) is 15.6. The first-order chi connectivity index (χ1) is 13.9. The summed E-state index contributed by atoms with van der Waals surface area (Å²) >= 11 is 12.7. The summed E-state index contributed by atoms with van der Waals surface area (Å²) in [6.45, 7) is 6.76. The Morgan fingerprint density at radius 2 is 1.83 bits per heavy atom. The SMILES string of the molecule is CC.CC12CCC(c3ccc(C#N)cc3Cl)C(c3ccc(Cl)cc3)C1CNC2=O. The highest BCUT2D eigenvalue weighted by Gasteiger charge is 2.54. The van der Waals surface area contributed by atoms with E-state index in [1.807, 2.05) is 38.1 Å². The fourth-order valence-electron chi connectivity index (χ4n) is 4.93. The van der Waals surface area contributed by atoms with Crippen molar-refractivity contribution in [3.05, 3.63) is 69.2 Å². The van der Waals surface area contributed by atoms with Crippen LogP contribution in [0.1, 0.15) is 62.1 Å². The largest absolute Gasteiger partial charge is 0.355 e. The van der Waals surface area contributed by atoms with Crippen LogP contribution in [0.4, 0.5) is 0 Å². The standard InChI is InChI=1S/C22H20Cl2N2O.C2H6/c1-22-9-8-17(16-7-2-13(11-25)10-19(16)24)20(18(22)12-26-21(22)27)14-3-5-15(23)6-4-14;1-2/h2-7,10,17-18,20H,8-9,12H2,1H3,(H,26,27);1-2H3. The molecule has 152 valence electrons. The predicted molar refractivity (Wildman–Crippen MR) is 118 cm³/mol. The van der Waals surface area contributed by atoms with Crippen LogP contribution in [-0.4, -0.2) is 12.5 Å². The van der Waals surface area contributed by atoms with E-state index in [1.54, 1.807) is 6.07 Å². The van der Waals surface area contributed by atoms with E-state index >= 15 is 0 Å². The first-order valence-electron chi connectivity index (χ1n) is 10.2. The second-order valence-electron chi connectivity index (χ2n) is 7.80. The highest BCUT2D eigenvalue weighted by atomic mass is 35.5. The molecule has 0 bridgehead atoms. The van der Waals surface area contributed by atoms with E-state index in [1.165, 1.54) is 5.56 Å². The highest BCUT2D eigenvalue weighted by molar-refractivity contribution is 6.31. The topological polar surface area (TPSA) is 52.9 Å². The van der Waals surface area contributed by atoms with Gasteiger partial charge in [0.15, 0.2) is 0 Å². The molecule has 4 atom stereocenters. The van der Waals surface area contributed by atoms with Crippen molar-refractivity contribution in [3.63, 3.8) is 0 Å². The summed E-state index contributed by atoms with van der Waals surface area (Å²) in [7, 11) is 0. The number of nitrogens with zero attached hydrogens (tertiary/aromatic N) is 1. The van der Waals surface area contributed by atoms with E-state index in [2.05, 4.69) is 30.4 Å². The molecule has 4 unspecified atom stereocenters. The number of halogens is 2. The van der Waals surface area contributed by atoms with Crippen LogP contribution in [0.5, 0.6) is 0 Å². The molecule has 0 spiro atoms. The van der Waals surface area contributed by atoms with Crippen molar-refractivity contribution in [2.24, 2.45) is 11.3 Å².